The number of aromatic nitrogens is 1. The SMILES string of the molecule is O=C(NCC1CCC(c2cc(C(=O)N3CCOCC3)c3ccccc3n2)CC1)C1CCC1. The lowest BCUT2D eigenvalue weighted by Crippen LogP contribution is -2.40. The molecule has 6 nitrogen and oxygen atoms in total. The number of hydrogen-bond acceptors (Lipinski definition) is 4. The lowest BCUT2D eigenvalue weighted by atomic mass is 9.79. The number of pyridine rings is 1. The van der Waals surface area contributed by atoms with Crippen LogP contribution < -0.4 is 5.32 Å². The summed E-state index contributed by atoms with van der Waals surface area (Å²) in [7, 11) is 0. The lowest BCUT2D eigenvalue weighted by Gasteiger charge is -2.31. The van der Waals surface area contributed by atoms with Gasteiger partial charge in [0, 0.05) is 42.6 Å². The van der Waals surface area contributed by atoms with Crippen LogP contribution in [0.3, 0.4) is 0 Å². The zero-order chi connectivity index (χ0) is 21.9. The van der Waals surface area contributed by atoms with E-state index < -0.39 is 0 Å². The van der Waals surface area contributed by atoms with Crippen molar-refractivity contribution in [1.29, 1.82) is 0 Å². The van der Waals surface area contributed by atoms with Gasteiger partial charge in [-0.05, 0) is 56.6 Å². The van der Waals surface area contributed by atoms with Crippen molar-refractivity contribution in [3.63, 3.8) is 0 Å². The van der Waals surface area contributed by atoms with Crippen molar-refractivity contribution in [1.82, 2.24) is 15.2 Å². The first kappa shape index (κ1) is 21.4. The van der Waals surface area contributed by atoms with Crippen LogP contribution in [0.25, 0.3) is 10.9 Å². The summed E-state index contributed by atoms with van der Waals surface area (Å²) in [6.07, 6.45) is 7.60. The van der Waals surface area contributed by atoms with E-state index in [1.165, 1.54) is 6.42 Å². The third-order valence-corrected chi connectivity index (χ3v) is 7.57. The number of ether oxygens (including phenoxy) is 1. The molecule has 0 bridgehead atoms. The van der Waals surface area contributed by atoms with Crippen LogP contribution in [0.4, 0.5) is 0 Å². The molecule has 1 N–H and O–H groups in total. The van der Waals surface area contributed by atoms with E-state index in [2.05, 4.69) is 5.32 Å². The molecular weight excluding hydrogens is 402 g/mol. The number of amides is 2. The highest BCUT2D eigenvalue weighted by Crippen LogP contribution is 2.36. The lowest BCUT2D eigenvalue weighted by molar-refractivity contribution is -0.127. The summed E-state index contributed by atoms with van der Waals surface area (Å²) in [5, 5.41) is 4.11. The minimum atomic E-state index is 0.0838. The Balaban J connectivity index is 1.28. The van der Waals surface area contributed by atoms with Gasteiger partial charge in [0.2, 0.25) is 5.91 Å². The summed E-state index contributed by atoms with van der Waals surface area (Å²) in [4.78, 5) is 32.3. The van der Waals surface area contributed by atoms with Gasteiger partial charge in [0.25, 0.3) is 5.91 Å². The third kappa shape index (κ3) is 4.51. The summed E-state index contributed by atoms with van der Waals surface area (Å²) in [5.41, 5.74) is 2.70. The van der Waals surface area contributed by atoms with E-state index in [1.54, 1.807) is 0 Å². The quantitative estimate of drug-likeness (QED) is 0.773. The Hall–Kier alpha value is -2.47. The van der Waals surface area contributed by atoms with E-state index in [0.717, 1.165) is 67.2 Å². The molecule has 6 heteroatoms. The molecule has 2 heterocycles. The highest BCUT2D eigenvalue weighted by atomic mass is 16.5. The number of carbonyl (C=O) groups is 2. The van der Waals surface area contributed by atoms with E-state index in [0.29, 0.717) is 38.1 Å². The normalized spacial score (nSPS) is 24.2. The van der Waals surface area contributed by atoms with Gasteiger partial charge < -0.3 is 15.0 Å². The molecule has 1 aromatic carbocycles. The molecule has 2 saturated carbocycles. The molecule has 170 valence electrons. The van der Waals surface area contributed by atoms with Crippen LogP contribution in [0.15, 0.2) is 30.3 Å². The van der Waals surface area contributed by atoms with Crippen LogP contribution in [-0.2, 0) is 9.53 Å². The Morgan fingerprint density at radius 2 is 1.78 bits per heavy atom. The Kier molecular flexibility index (Phi) is 6.39. The highest BCUT2D eigenvalue weighted by Gasteiger charge is 2.29. The smallest absolute Gasteiger partial charge is 0.254 e. The molecule has 2 aromatic rings. The number of fused-ring (bicyclic) bond motifs is 1. The summed E-state index contributed by atoms with van der Waals surface area (Å²) >= 11 is 0. The Bertz CT molecular complexity index is 973. The van der Waals surface area contributed by atoms with Crippen molar-refractivity contribution in [3.05, 3.63) is 41.6 Å². The van der Waals surface area contributed by atoms with E-state index in [4.69, 9.17) is 9.72 Å². The number of hydrogen-bond donors (Lipinski definition) is 1. The maximum Gasteiger partial charge on any atom is 0.254 e. The first-order valence-electron chi connectivity index (χ1n) is 12.2. The molecule has 3 fully saturated rings. The molecule has 1 aliphatic heterocycles. The van der Waals surface area contributed by atoms with Crippen molar-refractivity contribution in [2.75, 3.05) is 32.8 Å². The first-order chi connectivity index (χ1) is 15.7. The standard InChI is InChI=1S/C26H33N3O3/c30-25(20-4-3-5-20)27-17-18-8-10-19(11-9-18)24-16-22(21-6-1-2-7-23(21)28-24)26(31)29-12-14-32-15-13-29/h1-2,6-7,16,18-20H,3-5,8-15,17H2,(H,27,30). The van der Waals surface area contributed by atoms with Gasteiger partial charge in [0.15, 0.2) is 0 Å². The number of nitrogens with one attached hydrogen (secondary N) is 1. The third-order valence-electron chi connectivity index (χ3n) is 7.57. The maximum absolute atomic E-state index is 13.3. The zero-order valence-corrected chi connectivity index (χ0v) is 18.7. The Labute approximate surface area is 189 Å². The second-order valence-corrected chi connectivity index (χ2v) is 9.61. The second-order valence-electron chi connectivity index (χ2n) is 9.61. The van der Waals surface area contributed by atoms with Gasteiger partial charge >= 0.3 is 0 Å². The largest absolute Gasteiger partial charge is 0.378 e. The molecule has 0 atom stereocenters. The van der Waals surface area contributed by atoms with Crippen LogP contribution >= 0.6 is 0 Å². The summed E-state index contributed by atoms with van der Waals surface area (Å²) in [5.74, 6) is 1.51. The fraction of sp³-hybridized carbons (Fsp3) is 0.577. The summed E-state index contributed by atoms with van der Waals surface area (Å²) in [6, 6.07) is 10.0. The van der Waals surface area contributed by atoms with Crippen molar-refractivity contribution in [2.24, 2.45) is 11.8 Å². The number of carbonyl (C=O) groups excluding carboxylic acids is 2. The Morgan fingerprint density at radius 1 is 1.03 bits per heavy atom. The van der Waals surface area contributed by atoms with Crippen molar-refractivity contribution < 1.29 is 14.3 Å². The van der Waals surface area contributed by atoms with E-state index in [-0.39, 0.29) is 17.7 Å². The molecule has 2 aliphatic carbocycles. The van der Waals surface area contributed by atoms with Crippen LogP contribution in [0.5, 0.6) is 0 Å². The second kappa shape index (κ2) is 9.57. The van der Waals surface area contributed by atoms with Crippen molar-refractivity contribution in [2.45, 2.75) is 50.9 Å². The molecule has 2 amide bonds. The van der Waals surface area contributed by atoms with Crippen LogP contribution in [0.1, 0.15) is 66.9 Å². The minimum Gasteiger partial charge on any atom is -0.378 e. The topological polar surface area (TPSA) is 71.5 Å². The van der Waals surface area contributed by atoms with Crippen LogP contribution in [-0.4, -0.2) is 54.5 Å². The molecule has 1 aromatic heterocycles. The monoisotopic (exact) mass is 435 g/mol. The van der Waals surface area contributed by atoms with E-state index >= 15 is 0 Å². The fourth-order valence-corrected chi connectivity index (χ4v) is 5.24. The zero-order valence-electron chi connectivity index (χ0n) is 18.7. The average molecular weight is 436 g/mol. The van der Waals surface area contributed by atoms with Gasteiger partial charge in [-0.25, -0.2) is 0 Å². The molecule has 0 unspecified atom stereocenters. The number of benzene rings is 1. The van der Waals surface area contributed by atoms with Crippen LogP contribution in [0, 0.1) is 11.8 Å². The highest BCUT2D eigenvalue weighted by molar-refractivity contribution is 6.06. The summed E-state index contributed by atoms with van der Waals surface area (Å²) < 4.78 is 5.43. The van der Waals surface area contributed by atoms with Crippen molar-refractivity contribution >= 4 is 22.7 Å². The van der Waals surface area contributed by atoms with Gasteiger partial charge in [-0.2, -0.15) is 0 Å². The number of para-hydroxylation sites is 1. The van der Waals surface area contributed by atoms with Crippen LogP contribution in [0.2, 0.25) is 0 Å². The first-order valence-corrected chi connectivity index (χ1v) is 12.2. The number of rotatable bonds is 5. The van der Waals surface area contributed by atoms with Gasteiger partial charge in [0.1, 0.15) is 0 Å². The molecule has 0 spiro atoms. The molecular formula is C26H33N3O3. The molecule has 1 saturated heterocycles. The fourth-order valence-electron chi connectivity index (χ4n) is 5.24. The van der Waals surface area contributed by atoms with Gasteiger partial charge in [-0.3, -0.25) is 14.6 Å². The summed E-state index contributed by atoms with van der Waals surface area (Å²) in [6.45, 7) is 3.28. The van der Waals surface area contributed by atoms with Gasteiger partial charge in [0.05, 0.1) is 24.3 Å². The van der Waals surface area contributed by atoms with Gasteiger partial charge in [-0.15, -0.1) is 0 Å². The van der Waals surface area contributed by atoms with E-state index in [1.807, 2.05) is 35.2 Å². The molecule has 0 radical (unpaired) electrons. The number of morpholine rings is 1. The molecule has 3 aliphatic rings. The average Bonchev–Trinajstić information content (AvgIpc) is 2.81. The number of nitrogens with zero attached hydrogens (tertiary/aromatic N) is 2. The van der Waals surface area contributed by atoms with Gasteiger partial charge in [-0.1, -0.05) is 24.6 Å². The van der Waals surface area contributed by atoms with Crippen molar-refractivity contribution in [3.8, 4) is 0 Å². The minimum absolute atomic E-state index is 0.0838. The predicted octanol–water partition coefficient (Wildman–Crippen LogP) is 3.90. The molecule has 5 rings (SSSR count). The Morgan fingerprint density at radius 3 is 2.50 bits per heavy atom. The predicted molar refractivity (Wildman–Crippen MR) is 124 cm³/mol. The molecule has 32 heavy (non-hydrogen) atoms. The van der Waals surface area contributed by atoms with E-state index in [9.17, 15) is 9.59 Å². The maximum atomic E-state index is 13.3.